The van der Waals surface area contributed by atoms with Crippen LogP contribution in [0.1, 0.15) is 19.4 Å². The second-order valence-electron chi connectivity index (χ2n) is 3.91. The molecule has 1 aromatic rings. The van der Waals surface area contributed by atoms with E-state index in [1.165, 1.54) is 0 Å². The van der Waals surface area contributed by atoms with Crippen LogP contribution in [0.2, 0.25) is 0 Å². The molecule has 3 nitrogen and oxygen atoms in total. The summed E-state index contributed by atoms with van der Waals surface area (Å²) in [5.41, 5.74) is 0.934. The Morgan fingerprint density at radius 1 is 1.38 bits per heavy atom. The van der Waals surface area contributed by atoms with Crippen LogP contribution >= 0.6 is 0 Å². The average Bonchev–Trinajstić information content (AvgIpc) is 2.28. The SMILES string of the molecule is [C-]#[N+]C(C(=O)OCc1ccccc1)C(C)C. The van der Waals surface area contributed by atoms with E-state index >= 15 is 0 Å². The second-order valence-corrected chi connectivity index (χ2v) is 3.91. The molecule has 0 N–H and O–H groups in total. The zero-order valence-electron chi connectivity index (χ0n) is 9.51. The molecule has 0 spiro atoms. The normalized spacial score (nSPS) is 11.9. The van der Waals surface area contributed by atoms with Crippen LogP contribution in [0.15, 0.2) is 30.3 Å². The van der Waals surface area contributed by atoms with Gasteiger partial charge in [-0.2, -0.15) is 0 Å². The van der Waals surface area contributed by atoms with Crippen LogP contribution in [0.3, 0.4) is 0 Å². The lowest BCUT2D eigenvalue weighted by molar-refractivity contribution is -0.146. The average molecular weight is 217 g/mol. The molecule has 3 heteroatoms. The van der Waals surface area contributed by atoms with Crippen molar-refractivity contribution < 1.29 is 9.53 Å². The van der Waals surface area contributed by atoms with Crippen molar-refractivity contribution in [2.75, 3.05) is 0 Å². The summed E-state index contributed by atoms with van der Waals surface area (Å²) >= 11 is 0. The molecule has 16 heavy (non-hydrogen) atoms. The van der Waals surface area contributed by atoms with Crippen molar-refractivity contribution in [1.82, 2.24) is 0 Å². The minimum absolute atomic E-state index is 0.0132. The summed E-state index contributed by atoms with van der Waals surface area (Å²) in [6, 6.07) is 8.76. The predicted molar refractivity (Wildman–Crippen MR) is 61.5 cm³/mol. The predicted octanol–water partition coefficient (Wildman–Crippen LogP) is 2.67. The minimum Gasteiger partial charge on any atom is -0.455 e. The fourth-order valence-electron chi connectivity index (χ4n) is 1.29. The third kappa shape index (κ3) is 3.39. The Labute approximate surface area is 95.9 Å². The largest absolute Gasteiger partial charge is 0.455 e. The van der Waals surface area contributed by atoms with E-state index in [1.807, 2.05) is 44.2 Å². The van der Waals surface area contributed by atoms with Crippen LogP contribution in [0.4, 0.5) is 0 Å². The zero-order valence-corrected chi connectivity index (χ0v) is 9.51. The van der Waals surface area contributed by atoms with Crippen LogP contribution in [-0.2, 0) is 16.1 Å². The number of nitrogens with zero attached hydrogens (tertiary/aromatic N) is 1. The van der Waals surface area contributed by atoms with Crippen molar-refractivity contribution in [2.24, 2.45) is 5.92 Å². The number of rotatable bonds is 4. The van der Waals surface area contributed by atoms with E-state index in [-0.39, 0.29) is 12.5 Å². The molecule has 0 saturated carbocycles. The molecule has 0 amide bonds. The van der Waals surface area contributed by atoms with Gasteiger partial charge in [0.25, 0.3) is 0 Å². The maximum Gasteiger partial charge on any atom is 0.390 e. The van der Waals surface area contributed by atoms with Gasteiger partial charge in [-0.1, -0.05) is 44.2 Å². The summed E-state index contributed by atoms with van der Waals surface area (Å²) in [6.07, 6.45) is 0. The zero-order chi connectivity index (χ0) is 12.0. The molecule has 0 aliphatic carbocycles. The Bertz CT molecular complexity index is 379. The first kappa shape index (κ1) is 12.3. The summed E-state index contributed by atoms with van der Waals surface area (Å²) < 4.78 is 5.09. The number of ether oxygens (including phenoxy) is 1. The number of hydrogen-bond acceptors (Lipinski definition) is 2. The highest BCUT2D eigenvalue weighted by Gasteiger charge is 2.28. The van der Waals surface area contributed by atoms with Crippen LogP contribution in [-0.4, -0.2) is 12.0 Å². The Morgan fingerprint density at radius 2 is 2.00 bits per heavy atom. The van der Waals surface area contributed by atoms with E-state index in [9.17, 15) is 4.79 Å². The van der Waals surface area contributed by atoms with Gasteiger partial charge in [0, 0.05) is 5.92 Å². The second kappa shape index (κ2) is 5.92. The smallest absolute Gasteiger partial charge is 0.390 e. The molecule has 0 bridgehead atoms. The maximum absolute atomic E-state index is 11.6. The van der Waals surface area contributed by atoms with Crippen molar-refractivity contribution in [2.45, 2.75) is 26.5 Å². The van der Waals surface area contributed by atoms with Gasteiger partial charge in [0.05, 0.1) is 0 Å². The van der Waals surface area contributed by atoms with Crippen molar-refractivity contribution in [3.63, 3.8) is 0 Å². The minimum atomic E-state index is -0.691. The first-order chi connectivity index (χ1) is 7.65. The van der Waals surface area contributed by atoms with E-state index < -0.39 is 12.0 Å². The molecular weight excluding hydrogens is 202 g/mol. The highest BCUT2D eigenvalue weighted by molar-refractivity contribution is 5.77. The molecule has 0 aromatic heterocycles. The highest BCUT2D eigenvalue weighted by Crippen LogP contribution is 2.10. The molecule has 0 radical (unpaired) electrons. The summed E-state index contributed by atoms with van der Waals surface area (Å²) in [5, 5.41) is 0. The quantitative estimate of drug-likeness (QED) is 0.573. The van der Waals surface area contributed by atoms with E-state index in [2.05, 4.69) is 4.85 Å². The Morgan fingerprint density at radius 3 is 2.50 bits per heavy atom. The van der Waals surface area contributed by atoms with Gasteiger partial charge in [0.15, 0.2) is 0 Å². The lowest BCUT2D eigenvalue weighted by Crippen LogP contribution is -2.25. The molecule has 84 valence electrons. The van der Waals surface area contributed by atoms with Crippen molar-refractivity contribution in [3.8, 4) is 0 Å². The number of carbonyl (C=O) groups is 1. The number of carbonyl (C=O) groups excluding carboxylic acids is 1. The maximum atomic E-state index is 11.6. The summed E-state index contributed by atoms with van der Waals surface area (Å²) in [5.74, 6) is -0.449. The van der Waals surface area contributed by atoms with Gasteiger partial charge in [-0.15, -0.1) is 0 Å². The van der Waals surface area contributed by atoms with Gasteiger partial charge in [-0.05, 0) is 5.56 Å². The topological polar surface area (TPSA) is 30.7 Å². The number of benzene rings is 1. The molecule has 0 fully saturated rings. The van der Waals surface area contributed by atoms with Gasteiger partial charge in [0.2, 0.25) is 0 Å². The Kier molecular flexibility index (Phi) is 4.53. The van der Waals surface area contributed by atoms with Gasteiger partial charge in [0.1, 0.15) is 6.61 Å². The monoisotopic (exact) mass is 217 g/mol. The van der Waals surface area contributed by atoms with Crippen molar-refractivity contribution in [1.29, 1.82) is 0 Å². The molecule has 0 saturated heterocycles. The van der Waals surface area contributed by atoms with Crippen LogP contribution in [0.5, 0.6) is 0 Å². The van der Waals surface area contributed by atoms with Crippen molar-refractivity contribution >= 4 is 5.97 Å². The van der Waals surface area contributed by atoms with Gasteiger partial charge < -0.3 is 9.58 Å². The lowest BCUT2D eigenvalue weighted by atomic mass is 10.1. The summed E-state index contributed by atoms with van der Waals surface area (Å²) in [4.78, 5) is 14.8. The van der Waals surface area contributed by atoms with Crippen LogP contribution in [0.25, 0.3) is 4.85 Å². The van der Waals surface area contributed by atoms with Gasteiger partial charge in [-0.25, -0.2) is 11.4 Å². The third-order valence-electron chi connectivity index (χ3n) is 2.24. The van der Waals surface area contributed by atoms with E-state index in [4.69, 9.17) is 11.3 Å². The van der Waals surface area contributed by atoms with Crippen LogP contribution in [0, 0.1) is 12.5 Å². The Hall–Kier alpha value is -1.82. The third-order valence-corrected chi connectivity index (χ3v) is 2.24. The van der Waals surface area contributed by atoms with Crippen molar-refractivity contribution in [3.05, 3.63) is 47.3 Å². The fourth-order valence-corrected chi connectivity index (χ4v) is 1.29. The van der Waals surface area contributed by atoms with Crippen LogP contribution < -0.4 is 0 Å². The van der Waals surface area contributed by atoms with E-state index in [1.54, 1.807) is 0 Å². The molecule has 0 aliphatic heterocycles. The molecule has 1 aromatic carbocycles. The van der Waals surface area contributed by atoms with Gasteiger partial charge >= 0.3 is 12.0 Å². The molecule has 1 atom stereocenters. The molecular formula is C13H15NO2. The van der Waals surface area contributed by atoms with E-state index in [0.717, 1.165) is 5.56 Å². The molecule has 1 unspecified atom stereocenters. The Balaban J connectivity index is 2.50. The number of esters is 1. The summed E-state index contributed by atoms with van der Waals surface area (Å²) in [7, 11) is 0. The lowest BCUT2D eigenvalue weighted by Gasteiger charge is -2.09. The first-order valence-corrected chi connectivity index (χ1v) is 5.22. The fraction of sp³-hybridized carbons (Fsp3) is 0.385. The molecule has 0 heterocycles. The van der Waals surface area contributed by atoms with E-state index in [0.29, 0.717) is 0 Å². The first-order valence-electron chi connectivity index (χ1n) is 5.22. The highest BCUT2D eigenvalue weighted by atomic mass is 16.5. The standard InChI is InChI=1S/C13H15NO2/c1-10(2)12(14-3)13(15)16-9-11-7-5-4-6-8-11/h4-8,10,12H,9H2,1-2H3. The molecule has 0 aliphatic rings. The van der Waals surface area contributed by atoms with Gasteiger partial charge in [-0.3, -0.25) is 0 Å². The number of hydrogen-bond donors (Lipinski definition) is 0. The molecule has 1 rings (SSSR count). The summed E-state index contributed by atoms with van der Waals surface area (Å²) in [6.45, 7) is 10.8.